The Hall–Kier alpha value is -1.88. The van der Waals surface area contributed by atoms with Crippen LogP contribution in [0.15, 0.2) is 24.3 Å². The van der Waals surface area contributed by atoms with Crippen molar-refractivity contribution in [2.24, 2.45) is 5.92 Å². The van der Waals surface area contributed by atoms with Crippen molar-refractivity contribution in [2.45, 2.75) is 25.3 Å². The average molecular weight is 288 g/mol. The third-order valence-corrected chi connectivity index (χ3v) is 4.42. The molecule has 1 fully saturated rings. The Morgan fingerprint density at radius 2 is 1.95 bits per heavy atom. The molecule has 1 heterocycles. The standard InChI is InChI=1S/C16H20N2O3/c19-8-5-14-15(20)17-6-7-18(14)16(21)13-9-11-3-1-2-4-12(11)10-13/h1-4,13-14,19H,5-10H2,(H,17,20). The van der Waals surface area contributed by atoms with Gasteiger partial charge in [0.05, 0.1) is 0 Å². The van der Waals surface area contributed by atoms with Crippen LogP contribution in [0.1, 0.15) is 17.5 Å². The first-order valence-electron chi connectivity index (χ1n) is 7.46. The molecule has 2 N–H and O–H groups in total. The second-order valence-electron chi connectivity index (χ2n) is 5.72. The van der Waals surface area contributed by atoms with Gasteiger partial charge in [0.15, 0.2) is 0 Å². The number of rotatable bonds is 3. The van der Waals surface area contributed by atoms with E-state index in [0.717, 1.165) is 12.8 Å². The number of amides is 2. The topological polar surface area (TPSA) is 69.6 Å². The molecule has 0 radical (unpaired) electrons. The molecule has 1 aliphatic heterocycles. The van der Waals surface area contributed by atoms with Gasteiger partial charge in [0.2, 0.25) is 11.8 Å². The normalized spacial score (nSPS) is 22.0. The lowest BCUT2D eigenvalue weighted by atomic mass is 10.0. The first-order valence-corrected chi connectivity index (χ1v) is 7.46. The molecule has 1 unspecified atom stereocenters. The maximum Gasteiger partial charge on any atom is 0.242 e. The van der Waals surface area contributed by atoms with Crippen molar-refractivity contribution in [3.05, 3.63) is 35.4 Å². The van der Waals surface area contributed by atoms with Gasteiger partial charge in [-0.3, -0.25) is 9.59 Å². The number of hydrogen-bond donors (Lipinski definition) is 2. The second kappa shape index (κ2) is 5.85. The molecule has 5 heteroatoms. The summed E-state index contributed by atoms with van der Waals surface area (Å²) in [6.07, 6.45) is 1.80. The summed E-state index contributed by atoms with van der Waals surface area (Å²) < 4.78 is 0. The lowest BCUT2D eigenvalue weighted by molar-refractivity contribution is -0.146. The number of aliphatic hydroxyl groups is 1. The first-order chi connectivity index (χ1) is 10.2. The molecule has 0 aromatic heterocycles. The van der Waals surface area contributed by atoms with Crippen LogP contribution in [0.3, 0.4) is 0 Å². The van der Waals surface area contributed by atoms with E-state index in [1.807, 2.05) is 12.1 Å². The largest absolute Gasteiger partial charge is 0.396 e. The van der Waals surface area contributed by atoms with E-state index < -0.39 is 6.04 Å². The van der Waals surface area contributed by atoms with Gasteiger partial charge in [0, 0.05) is 25.6 Å². The molecule has 0 spiro atoms. The van der Waals surface area contributed by atoms with Gasteiger partial charge >= 0.3 is 0 Å². The zero-order valence-electron chi connectivity index (χ0n) is 11.9. The van der Waals surface area contributed by atoms with E-state index in [-0.39, 0.29) is 24.3 Å². The fourth-order valence-corrected chi connectivity index (χ4v) is 3.36. The van der Waals surface area contributed by atoms with Gasteiger partial charge in [-0.25, -0.2) is 0 Å². The molecule has 0 saturated carbocycles. The number of nitrogens with zero attached hydrogens (tertiary/aromatic N) is 1. The molecular formula is C16H20N2O3. The fourth-order valence-electron chi connectivity index (χ4n) is 3.36. The number of nitrogens with one attached hydrogen (secondary N) is 1. The number of carbonyl (C=O) groups is 2. The molecule has 2 amide bonds. The van der Waals surface area contributed by atoms with Crippen molar-refractivity contribution < 1.29 is 14.7 Å². The monoisotopic (exact) mass is 288 g/mol. The van der Waals surface area contributed by atoms with Gasteiger partial charge in [0.25, 0.3) is 0 Å². The van der Waals surface area contributed by atoms with Gasteiger partial charge in [-0.2, -0.15) is 0 Å². The molecule has 0 bridgehead atoms. The number of carbonyl (C=O) groups excluding carboxylic acids is 2. The van der Waals surface area contributed by atoms with Crippen molar-refractivity contribution in [3.8, 4) is 0 Å². The Morgan fingerprint density at radius 1 is 1.29 bits per heavy atom. The third-order valence-electron chi connectivity index (χ3n) is 4.42. The van der Waals surface area contributed by atoms with Crippen LogP contribution in [0, 0.1) is 5.92 Å². The molecule has 1 aliphatic carbocycles. The van der Waals surface area contributed by atoms with Gasteiger partial charge in [-0.15, -0.1) is 0 Å². The van der Waals surface area contributed by atoms with E-state index in [2.05, 4.69) is 17.4 Å². The summed E-state index contributed by atoms with van der Waals surface area (Å²) in [4.78, 5) is 26.3. The van der Waals surface area contributed by atoms with Crippen LogP contribution >= 0.6 is 0 Å². The minimum atomic E-state index is -0.528. The predicted octanol–water partition coefficient (Wildman–Crippen LogP) is 0.111. The Bertz CT molecular complexity index is 533. The van der Waals surface area contributed by atoms with E-state index >= 15 is 0 Å². The number of hydrogen-bond acceptors (Lipinski definition) is 3. The molecule has 5 nitrogen and oxygen atoms in total. The molecule has 112 valence electrons. The third kappa shape index (κ3) is 2.65. The number of aliphatic hydroxyl groups excluding tert-OH is 1. The molecule has 1 aromatic carbocycles. The molecule has 1 atom stereocenters. The van der Waals surface area contributed by atoms with Gasteiger partial charge < -0.3 is 15.3 Å². The van der Waals surface area contributed by atoms with Crippen molar-refractivity contribution >= 4 is 11.8 Å². The van der Waals surface area contributed by atoms with E-state index in [4.69, 9.17) is 5.11 Å². The van der Waals surface area contributed by atoms with Crippen LogP contribution in [0.25, 0.3) is 0 Å². The summed E-state index contributed by atoms with van der Waals surface area (Å²) in [6, 6.07) is 7.59. The first kappa shape index (κ1) is 14.1. The Morgan fingerprint density at radius 3 is 2.57 bits per heavy atom. The highest BCUT2D eigenvalue weighted by Crippen LogP contribution is 2.28. The maximum absolute atomic E-state index is 12.8. The number of piperazine rings is 1. The van der Waals surface area contributed by atoms with E-state index in [9.17, 15) is 9.59 Å². The second-order valence-corrected chi connectivity index (χ2v) is 5.72. The van der Waals surface area contributed by atoms with E-state index in [1.54, 1.807) is 4.90 Å². The zero-order chi connectivity index (χ0) is 14.8. The molecule has 1 saturated heterocycles. The van der Waals surface area contributed by atoms with Crippen molar-refractivity contribution in [1.29, 1.82) is 0 Å². The van der Waals surface area contributed by atoms with Crippen molar-refractivity contribution in [1.82, 2.24) is 10.2 Å². The summed E-state index contributed by atoms with van der Waals surface area (Å²) in [5.74, 6) is -0.187. The van der Waals surface area contributed by atoms with Crippen LogP contribution in [-0.4, -0.2) is 47.6 Å². The minimum absolute atomic E-state index is 0.0412. The quantitative estimate of drug-likeness (QED) is 0.829. The lowest BCUT2D eigenvalue weighted by Crippen LogP contribution is -2.58. The van der Waals surface area contributed by atoms with Crippen LogP contribution in [0.4, 0.5) is 0 Å². The molecule has 2 aliphatic rings. The fraction of sp³-hybridized carbons (Fsp3) is 0.500. The Kier molecular flexibility index (Phi) is 3.92. The van der Waals surface area contributed by atoms with Crippen LogP contribution < -0.4 is 5.32 Å². The Balaban J connectivity index is 1.74. The van der Waals surface area contributed by atoms with Crippen LogP contribution in [0.5, 0.6) is 0 Å². The highest BCUT2D eigenvalue weighted by molar-refractivity contribution is 5.90. The van der Waals surface area contributed by atoms with Crippen LogP contribution in [-0.2, 0) is 22.4 Å². The highest BCUT2D eigenvalue weighted by Gasteiger charge is 2.37. The van der Waals surface area contributed by atoms with E-state index in [0.29, 0.717) is 19.5 Å². The molecular weight excluding hydrogens is 268 g/mol. The highest BCUT2D eigenvalue weighted by atomic mass is 16.3. The SMILES string of the molecule is O=C1NCCN(C(=O)C2Cc3ccccc3C2)C1CCO. The Labute approximate surface area is 123 Å². The molecule has 1 aromatic rings. The minimum Gasteiger partial charge on any atom is -0.396 e. The maximum atomic E-state index is 12.8. The number of benzene rings is 1. The average Bonchev–Trinajstić information content (AvgIpc) is 2.93. The summed E-state index contributed by atoms with van der Waals surface area (Å²) in [5, 5.41) is 11.9. The summed E-state index contributed by atoms with van der Waals surface area (Å²) in [7, 11) is 0. The predicted molar refractivity (Wildman–Crippen MR) is 77.6 cm³/mol. The summed E-state index contributed by atoms with van der Waals surface area (Å²) >= 11 is 0. The van der Waals surface area contributed by atoms with Crippen molar-refractivity contribution in [2.75, 3.05) is 19.7 Å². The summed E-state index contributed by atoms with van der Waals surface area (Å²) in [5.41, 5.74) is 2.46. The lowest BCUT2D eigenvalue weighted by Gasteiger charge is -2.36. The molecule has 21 heavy (non-hydrogen) atoms. The van der Waals surface area contributed by atoms with Crippen LogP contribution in [0.2, 0.25) is 0 Å². The van der Waals surface area contributed by atoms with Crippen molar-refractivity contribution in [3.63, 3.8) is 0 Å². The smallest absolute Gasteiger partial charge is 0.242 e. The summed E-state index contributed by atoms with van der Waals surface area (Å²) in [6.45, 7) is 0.932. The van der Waals surface area contributed by atoms with Gasteiger partial charge in [-0.05, 0) is 30.4 Å². The van der Waals surface area contributed by atoms with E-state index in [1.165, 1.54) is 11.1 Å². The number of fused-ring (bicyclic) bond motifs is 1. The zero-order valence-corrected chi connectivity index (χ0v) is 11.9. The van der Waals surface area contributed by atoms with Gasteiger partial charge in [-0.1, -0.05) is 24.3 Å². The van der Waals surface area contributed by atoms with Gasteiger partial charge in [0.1, 0.15) is 6.04 Å². The molecule has 3 rings (SSSR count).